The van der Waals surface area contributed by atoms with Crippen molar-refractivity contribution in [3.8, 4) is 5.75 Å². The molecule has 0 N–H and O–H groups in total. The Morgan fingerprint density at radius 2 is 2.27 bits per heavy atom. The van der Waals surface area contributed by atoms with Crippen LogP contribution in [0.5, 0.6) is 5.75 Å². The molecule has 1 atom stereocenters. The summed E-state index contributed by atoms with van der Waals surface area (Å²) in [5.74, 6) is 1.85. The molecule has 22 heavy (non-hydrogen) atoms. The van der Waals surface area contributed by atoms with Crippen LogP contribution < -0.4 is 9.64 Å². The fourth-order valence-electron chi connectivity index (χ4n) is 2.97. The van der Waals surface area contributed by atoms with Crippen LogP contribution in [0.2, 0.25) is 0 Å². The van der Waals surface area contributed by atoms with E-state index in [1.54, 1.807) is 11.1 Å². The predicted molar refractivity (Wildman–Crippen MR) is 85.1 cm³/mol. The number of aryl methyl sites for hydroxylation is 1. The number of carbonyl (C=O) groups is 1. The summed E-state index contributed by atoms with van der Waals surface area (Å²) in [6, 6.07) is 7.67. The third-order valence-corrected chi connectivity index (χ3v) is 4.16. The Balaban J connectivity index is 1.78. The van der Waals surface area contributed by atoms with Gasteiger partial charge in [0, 0.05) is 38.3 Å². The maximum atomic E-state index is 12.8. The Kier molecular flexibility index (Phi) is 4.13. The molecule has 0 aliphatic carbocycles. The van der Waals surface area contributed by atoms with Crippen LogP contribution in [0.15, 0.2) is 36.7 Å². The van der Waals surface area contributed by atoms with Crippen LogP contribution in [-0.4, -0.2) is 29.1 Å². The number of nitrogens with zero attached hydrogens (tertiary/aromatic N) is 3. The molecular weight excluding hydrogens is 278 g/mol. The lowest BCUT2D eigenvalue weighted by Gasteiger charge is -2.28. The first kappa shape index (κ1) is 14.6. The summed E-state index contributed by atoms with van der Waals surface area (Å²) in [5, 5.41) is 0. The van der Waals surface area contributed by atoms with Gasteiger partial charge in [0.1, 0.15) is 11.6 Å². The van der Waals surface area contributed by atoms with Gasteiger partial charge >= 0.3 is 0 Å². The molecule has 5 heteroatoms. The van der Waals surface area contributed by atoms with Crippen molar-refractivity contribution < 1.29 is 9.53 Å². The number of amides is 1. The summed E-state index contributed by atoms with van der Waals surface area (Å²) in [5.41, 5.74) is 0.822. The standard InChI is InChI=1S/C17H21N3O2/c1-3-22-15-7-5-4-6-14(15)19(2)17(21)13-8-10-20-11-9-18-16(20)12-13/h4-7,9,11,13H,3,8,10,12H2,1-2H3/t13-/m0/s1. The average Bonchev–Trinajstić information content (AvgIpc) is 3.02. The topological polar surface area (TPSA) is 47.4 Å². The first-order valence-electron chi connectivity index (χ1n) is 7.70. The summed E-state index contributed by atoms with van der Waals surface area (Å²) in [6.45, 7) is 3.38. The van der Waals surface area contributed by atoms with E-state index in [-0.39, 0.29) is 11.8 Å². The van der Waals surface area contributed by atoms with Crippen LogP contribution in [-0.2, 0) is 17.8 Å². The van der Waals surface area contributed by atoms with Crippen molar-refractivity contribution >= 4 is 11.6 Å². The van der Waals surface area contributed by atoms with Crippen LogP contribution in [0.4, 0.5) is 5.69 Å². The zero-order valence-electron chi connectivity index (χ0n) is 13.0. The van der Waals surface area contributed by atoms with Crippen molar-refractivity contribution in [3.63, 3.8) is 0 Å². The number of benzene rings is 1. The molecular formula is C17H21N3O2. The number of carbonyl (C=O) groups excluding carboxylic acids is 1. The first-order valence-corrected chi connectivity index (χ1v) is 7.70. The fourth-order valence-corrected chi connectivity index (χ4v) is 2.97. The van der Waals surface area contributed by atoms with E-state index in [1.807, 2.05) is 44.4 Å². The summed E-state index contributed by atoms with van der Waals surface area (Å²) >= 11 is 0. The van der Waals surface area contributed by atoms with Crippen molar-refractivity contribution in [3.05, 3.63) is 42.5 Å². The smallest absolute Gasteiger partial charge is 0.230 e. The highest BCUT2D eigenvalue weighted by atomic mass is 16.5. The lowest BCUT2D eigenvalue weighted by molar-refractivity contribution is -0.122. The lowest BCUT2D eigenvalue weighted by atomic mass is 9.96. The second-order valence-electron chi connectivity index (χ2n) is 5.52. The van der Waals surface area contributed by atoms with Gasteiger partial charge in [0.15, 0.2) is 0 Å². The molecule has 0 spiro atoms. The molecule has 3 rings (SSSR count). The van der Waals surface area contributed by atoms with Gasteiger partial charge in [0.25, 0.3) is 0 Å². The highest BCUT2D eigenvalue weighted by Crippen LogP contribution is 2.30. The van der Waals surface area contributed by atoms with Gasteiger partial charge in [-0.3, -0.25) is 4.79 Å². The van der Waals surface area contributed by atoms with Gasteiger partial charge in [-0.25, -0.2) is 4.98 Å². The van der Waals surface area contributed by atoms with Gasteiger partial charge in [0.05, 0.1) is 12.3 Å². The molecule has 0 saturated heterocycles. The number of ether oxygens (including phenoxy) is 1. The molecule has 1 aliphatic rings. The third kappa shape index (κ3) is 2.71. The zero-order valence-corrected chi connectivity index (χ0v) is 13.0. The van der Waals surface area contributed by atoms with Gasteiger partial charge < -0.3 is 14.2 Å². The average molecular weight is 299 g/mol. The van der Waals surface area contributed by atoms with E-state index in [4.69, 9.17) is 4.74 Å². The van der Waals surface area contributed by atoms with E-state index >= 15 is 0 Å². The van der Waals surface area contributed by atoms with Crippen LogP contribution >= 0.6 is 0 Å². The normalized spacial score (nSPS) is 16.9. The van der Waals surface area contributed by atoms with Crippen molar-refractivity contribution in [2.24, 2.45) is 5.92 Å². The number of aromatic nitrogens is 2. The molecule has 0 unspecified atom stereocenters. The Morgan fingerprint density at radius 1 is 1.45 bits per heavy atom. The maximum absolute atomic E-state index is 12.8. The van der Waals surface area contributed by atoms with Crippen LogP contribution in [0.25, 0.3) is 0 Å². The molecule has 2 aromatic rings. The lowest BCUT2D eigenvalue weighted by Crippen LogP contribution is -2.37. The van der Waals surface area contributed by atoms with Gasteiger partial charge in [-0.05, 0) is 25.5 Å². The highest BCUT2D eigenvalue weighted by Gasteiger charge is 2.29. The summed E-state index contributed by atoms with van der Waals surface area (Å²) in [4.78, 5) is 18.9. The van der Waals surface area contributed by atoms with E-state index in [2.05, 4.69) is 9.55 Å². The zero-order chi connectivity index (χ0) is 15.5. The summed E-state index contributed by atoms with van der Waals surface area (Å²) in [6.07, 6.45) is 5.33. The van der Waals surface area contributed by atoms with Crippen LogP contribution in [0.1, 0.15) is 19.2 Å². The number of imidazole rings is 1. The second-order valence-corrected chi connectivity index (χ2v) is 5.52. The molecule has 1 amide bonds. The minimum Gasteiger partial charge on any atom is -0.492 e. The summed E-state index contributed by atoms with van der Waals surface area (Å²) < 4.78 is 7.75. The largest absolute Gasteiger partial charge is 0.492 e. The van der Waals surface area contributed by atoms with Crippen LogP contribution in [0, 0.1) is 5.92 Å². The molecule has 5 nitrogen and oxygen atoms in total. The molecule has 0 radical (unpaired) electrons. The quantitative estimate of drug-likeness (QED) is 0.871. The SMILES string of the molecule is CCOc1ccccc1N(C)C(=O)[C@H]1CCn2ccnc2C1. The van der Waals surface area contributed by atoms with E-state index in [0.29, 0.717) is 13.0 Å². The number of anilines is 1. The van der Waals surface area contributed by atoms with Crippen molar-refractivity contribution in [2.45, 2.75) is 26.3 Å². The minimum atomic E-state index is -0.0189. The predicted octanol–water partition coefficient (Wildman–Crippen LogP) is 2.51. The van der Waals surface area contributed by atoms with E-state index in [9.17, 15) is 4.79 Å². The van der Waals surface area contributed by atoms with Gasteiger partial charge in [0.2, 0.25) is 5.91 Å². The second kappa shape index (κ2) is 6.22. The molecule has 1 aliphatic heterocycles. The Bertz CT molecular complexity index is 665. The Labute approximate surface area is 130 Å². The molecule has 1 aromatic heterocycles. The molecule has 0 fully saturated rings. The number of rotatable bonds is 4. The molecule has 0 saturated carbocycles. The maximum Gasteiger partial charge on any atom is 0.230 e. The number of hydrogen-bond donors (Lipinski definition) is 0. The fraction of sp³-hybridized carbons (Fsp3) is 0.412. The van der Waals surface area contributed by atoms with E-state index < -0.39 is 0 Å². The summed E-state index contributed by atoms with van der Waals surface area (Å²) in [7, 11) is 1.82. The van der Waals surface area contributed by atoms with Gasteiger partial charge in [-0.15, -0.1) is 0 Å². The highest BCUT2D eigenvalue weighted by molar-refractivity contribution is 5.96. The number of fused-ring (bicyclic) bond motifs is 1. The Hall–Kier alpha value is -2.30. The Morgan fingerprint density at radius 3 is 3.09 bits per heavy atom. The third-order valence-electron chi connectivity index (χ3n) is 4.16. The van der Waals surface area contributed by atoms with Crippen LogP contribution in [0.3, 0.4) is 0 Å². The van der Waals surface area contributed by atoms with Crippen molar-refractivity contribution in [2.75, 3.05) is 18.6 Å². The monoisotopic (exact) mass is 299 g/mol. The number of hydrogen-bond acceptors (Lipinski definition) is 3. The molecule has 0 bridgehead atoms. The van der Waals surface area contributed by atoms with Crippen molar-refractivity contribution in [1.82, 2.24) is 9.55 Å². The minimum absolute atomic E-state index is 0.0189. The van der Waals surface area contributed by atoms with E-state index in [0.717, 1.165) is 30.2 Å². The first-order chi connectivity index (χ1) is 10.7. The molecule has 2 heterocycles. The van der Waals surface area contributed by atoms with Gasteiger partial charge in [-0.2, -0.15) is 0 Å². The van der Waals surface area contributed by atoms with E-state index in [1.165, 1.54) is 0 Å². The number of para-hydroxylation sites is 2. The molecule has 116 valence electrons. The van der Waals surface area contributed by atoms with Crippen molar-refractivity contribution in [1.29, 1.82) is 0 Å². The molecule has 1 aromatic carbocycles. The van der Waals surface area contributed by atoms with Gasteiger partial charge in [-0.1, -0.05) is 12.1 Å².